The van der Waals surface area contributed by atoms with Crippen molar-refractivity contribution >= 4 is 29.1 Å². The van der Waals surface area contributed by atoms with E-state index in [4.69, 9.17) is 28.9 Å². The molecule has 1 atom stereocenters. The summed E-state index contributed by atoms with van der Waals surface area (Å²) >= 11 is 11.6. The van der Waals surface area contributed by atoms with Crippen molar-refractivity contribution < 1.29 is 4.79 Å². The van der Waals surface area contributed by atoms with Crippen LogP contribution in [0.5, 0.6) is 0 Å². The third-order valence-electron chi connectivity index (χ3n) is 1.85. The summed E-state index contributed by atoms with van der Waals surface area (Å²) in [5, 5.41) is 0.766. The summed E-state index contributed by atoms with van der Waals surface area (Å²) in [6.07, 6.45) is 3.39. The summed E-state index contributed by atoms with van der Waals surface area (Å²) < 4.78 is 0. The van der Waals surface area contributed by atoms with Crippen LogP contribution in [0.1, 0.15) is 19.3 Å². The van der Waals surface area contributed by atoms with Gasteiger partial charge in [-0.05, 0) is 19.3 Å². The smallest absolute Gasteiger partial charge is 0.238 e. The van der Waals surface area contributed by atoms with Crippen LogP contribution in [0.4, 0.5) is 0 Å². The third kappa shape index (κ3) is 1.88. The molecule has 1 aliphatic carbocycles. The van der Waals surface area contributed by atoms with Crippen LogP contribution >= 0.6 is 23.2 Å². The monoisotopic (exact) mass is 193 g/mol. The average molecular weight is 194 g/mol. The lowest BCUT2D eigenvalue weighted by Crippen LogP contribution is -2.39. The Labute approximate surface area is 75.3 Å². The predicted octanol–water partition coefficient (Wildman–Crippen LogP) is 1.76. The van der Waals surface area contributed by atoms with Crippen LogP contribution in [-0.2, 0) is 4.79 Å². The first-order chi connectivity index (χ1) is 5.04. The highest BCUT2D eigenvalue weighted by atomic mass is 35.5. The molecule has 0 aliphatic heterocycles. The van der Waals surface area contributed by atoms with Gasteiger partial charge in [0.25, 0.3) is 0 Å². The zero-order valence-corrected chi connectivity index (χ0v) is 7.45. The Morgan fingerprint density at radius 2 is 2.36 bits per heavy atom. The number of allylic oxidation sites excluding steroid dienone is 2. The van der Waals surface area contributed by atoms with E-state index in [9.17, 15) is 4.79 Å². The lowest BCUT2D eigenvalue weighted by Gasteiger charge is -2.25. The summed E-state index contributed by atoms with van der Waals surface area (Å²) in [6.45, 7) is 0. The van der Waals surface area contributed by atoms with Gasteiger partial charge >= 0.3 is 0 Å². The Morgan fingerprint density at radius 1 is 1.73 bits per heavy atom. The van der Waals surface area contributed by atoms with E-state index in [-0.39, 0.29) is 0 Å². The van der Waals surface area contributed by atoms with Gasteiger partial charge in [-0.25, -0.2) is 0 Å². The van der Waals surface area contributed by atoms with E-state index in [0.717, 1.165) is 5.03 Å². The number of halogens is 2. The number of alkyl halides is 1. The van der Waals surface area contributed by atoms with Gasteiger partial charge in [0.05, 0.1) is 0 Å². The molecule has 11 heavy (non-hydrogen) atoms. The van der Waals surface area contributed by atoms with Crippen molar-refractivity contribution in [2.24, 2.45) is 5.73 Å². The fraction of sp³-hybridized carbons (Fsp3) is 0.571. The standard InChI is InChI=1S/C7H9Cl2NO/c8-5-1-3-7(9,4-2-5)6(10)11/h1H,2-4H2,(H2,10,11). The molecule has 0 radical (unpaired) electrons. The van der Waals surface area contributed by atoms with Crippen molar-refractivity contribution in [1.82, 2.24) is 0 Å². The number of hydrogen-bond acceptors (Lipinski definition) is 1. The second-order valence-electron chi connectivity index (χ2n) is 2.68. The largest absolute Gasteiger partial charge is 0.368 e. The minimum absolute atomic E-state index is 0.447. The topological polar surface area (TPSA) is 43.1 Å². The Kier molecular flexibility index (Phi) is 2.45. The zero-order chi connectivity index (χ0) is 8.48. The number of rotatable bonds is 1. The molecule has 0 fully saturated rings. The normalized spacial score (nSPS) is 31.3. The number of carbonyl (C=O) groups is 1. The van der Waals surface area contributed by atoms with Crippen LogP contribution < -0.4 is 5.73 Å². The molecular formula is C7H9Cl2NO. The quantitative estimate of drug-likeness (QED) is 0.635. The summed E-state index contributed by atoms with van der Waals surface area (Å²) in [6, 6.07) is 0. The number of nitrogens with two attached hydrogens (primary N) is 1. The number of carbonyl (C=O) groups excluding carboxylic acids is 1. The Bertz CT molecular complexity index is 214. The highest BCUT2D eigenvalue weighted by molar-refractivity contribution is 6.35. The van der Waals surface area contributed by atoms with Gasteiger partial charge in [0.1, 0.15) is 4.87 Å². The summed E-state index contributed by atoms with van der Waals surface area (Å²) in [5.74, 6) is -0.459. The molecule has 0 aromatic heterocycles. The van der Waals surface area contributed by atoms with Crippen molar-refractivity contribution in [3.63, 3.8) is 0 Å². The molecule has 4 heteroatoms. The zero-order valence-electron chi connectivity index (χ0n) is 5.94. The van der Waals surface area contributed by atoms with Crippen molar-refractivity contribution in [1.29, 1.82) is 0 Å². The fourth-order valence-electron chi connectivity index (χ4n) is 1.02. The second kappa shape index (κ2) is 3.03. The van der Waals surface area contributed by atoms with E-state index in [0.29, 0.717) is 19.3 Å². The first kappa shape index (κ1) is 8.88. The molecule has 1 amide bonds. The van der Waals surface area contributed by atoms with Crippen LogP contribution in [0.2, 0.25) is 0 Å². The van der Waals surface area contributed by atoms with E-state index in [2.05, 4.69) is 0 Å². The molecule has 2 nitrogen and oxygen atoms in total. The van der Waals surface area contributed by atoms with E-state index in [1.54, 1.807) is 6.08 Å². The molecule has 62 valence electrons. The van der Waals surface area contributed by atoms with Gasteiger partial charge in [-0.2, -0.15) is 0 Å². The van der Waals surface area contributed by atoms with E-state index in [1.807, 2.05) is 0 Å². The molecule has 2 N–H and O–H groups in total. The van der Waals surface area contributed by atoms with Gasteiger partial charge in [-0.3, -0.25) is 4.79 Å². The molecule has 1 unspecified atom stereocenters. The van der Waals surface area contributed by atoms with Gasteiger partial charge in [0, 0.05) is 5.03 Å². The summed E-state index contributed by atoms with van der Waals surface area (Å²) in [5.41, 5.74) is 5.10. The van der Waals surface area contributed by atoms with Crippen LogP contribution in [0.15, 0.2) is 11.1 Å². The Morgan fingerprint density at radius 3 is 2.73 bits per heavy atom. The van der Waals surface area contributed by atoms with E-state index < -0.39 is 10.8 Å². The highest BCUT2D eigenvalue weighted by Gasteiger charge is 2.34. The third-order valence-corrected chi connectivity index (χ3v) is 2.72. The molecule has 0 saturated carbocycles. The van der Waals surface area contributed by atoms with Crippen molar-refractivity contribution in [3.05, 3.63) is 11.1 Å². The van der Waals surface area contributed by atoms with Gasteiger partial charge < -0.3 is 5.73 Å². The molecule has 0 spiro atoms. The first-order valence-electron chi connectivity index (χ1n) is 3.38. The maximum absolute atomic E-state index is 10.8. The molecule has 0 bridgehead atoms. The van der Waals surface area contributed by atoms with Gasteiger partial charge in [-0.15, -0.1) is 11.6 Å². The molecule has 1 aliphatic rings. The number of primary amides is 1. The fourth-order valence-corrected chi connectivity index (χ4v) is 1.36. The van der Waals surface area contributed by atoms with Crippen LogP contribution in [0.3, 0.4) is 0 Å². The minimum atomic E-state index is -0.890. The molecule has 0 heterocycles. The summed E-state index contributed by atoms with van der Waals surface area (Å²) in [4.78, 5) is 9.91. The van der Waals surface area contributed by atoms with Gasteiger partial charge in [-0.1, -0.05) is 17.7 Å². The lowest BCUT2D eigenvalue weighted by molar-refractivity contribution is -0.120. The number of hydrogen-bond donors (Lipinski definition) is 1. The molecule has 0 aromatic rings. The molecule has 0 saturated heterocycles. The van der Waals surface area contributed by atoms with E-state index >= 15 is 0 Å². The van der Waals surface area contributed by atoms with Gasteiger partial charge in [0.2, 0.25) is 5.91 Å². The summed E-state index contributed by atoms with van der Waals surface area (Å²) in [7, 11) is 0. The van der Waals surface area contributed by atoms with Gasteiger partial charge in [0.15, 0.2) is 0 Å². The Hall–Kier alpha value is -0.210. The average Bonchev–Trinajstić information content (AvgIpc) is 1.95. The minimum Gasteiger partial charge on any atom is -0.368 e. The van der Waals surface area contributed by atoms with Crippen LogP contribution in [-0.4, -0.2) is 10.8 Å². The number of amides is 1. The highest BCUT2D eigenvalue weighted by Crippen LogP contribution is 2.34. The molecule has 0 aromatic carbocycles. The van der Waals surface area contributed by atoms with Crippen molar-refractivity contribution in [3.8, 4) is 0 Å². The maximum Gasteiger partial charge on any atom is 0.238 e. The second-order valence-corrected chi connectivity index (χ2v) is 3.89. The van der Waals surface area contributed by atoms with Crippen molar-refractivity contribution in [2.75, 3.05) is 0 Å². The van der Waals surface area contributed by atoms with Crippen LogP contribution in [0.25, 0.3) is 0 Å². The SMILES string of the molecule is NC(=O)C1(Cl)CC=C(Cl)CC1. The lowest BCUT2D eigenvalue weighted by atomic mass is 9.93. The molecular weight excluding hydrogens is 185 g/mol. The maximum atomic E-state index is 10.8. The predicted molar refractivity (Wildman–Crippen MR) is 45.6 cm³/mol. The molecule has 1 rings (SSSR count). The van der Waals surface area contributed by atoms with E-state index in [1.165, 1.54) is 0 Å². The Balaban J connectivity index is 2.71. The van der Waals surface area contributed by atoms with Crippen molar-refractivity contribution in [2.45, 2.75) is 24.1 Å². The van der Waals surface area contributed by atoms with Crippen LogP contribution in [0, 0.1) is 0 Å². The first-order valence-corrected chi connectivity index (χ1v) is 4.13.